The molecule has 2 nitrogen and oxygen atoms in total. The first kappa shape index (κ1) is 15.7. The van der Waals surface area contributed by atoms with Crippen LogP contribution in [-0.4, -0.2) is 20.2 Å². The summed E-state index contributed by atoms with van der Waals surface area (Å²) in [7, 11) is -1.70. The molecule has 4 atom stereocenters. The monoisotopic (exact) mass is 308 g/mol. The van der Waals surface area contributed by atoms with Crippen LogP contribution in [0.15, 0.2) is 0 Å². The van der Waals surface area contributed by atoms with Gasteiger partial charge in [-0.3, -0.25) is 4.79 Å². The minimum Gasteiger partial charge on any atom is -0.414 e. The van der Waals surface area contributed by atoms with Crippen LogP contribution >= 0.6 is 0 Å². The van der Waals surface area contributed by atoms with Crippen LogP contribution in [0.3, 0.4) is 0 Å². The lowest BCUT2D eigenvalue weighted by Crippen LogP contribution is -2.50. The van der Waals surface area contributed by atoms with E-state index in [1.807, 2.05) is 0 Å². The van der Waals surface area contributed by atoms with Gasteiger partial charge in [-0.15, -0.1) is 0 Å². The Labute approximate surface area is 131 Å². The molecule has 0 aromatic carbocycles. The average molecular weight is 309 g/mol. The van der Waals surface area contributed by atoms with Crippen LogP contribution in [0.2, 0.25) is 18.1 Å². The highest BCUT2D eigenvalue weighted by atomic mass is 28.4. The molecular weight excluding hydrogens is 276 g/mol. The van der Waals surface area contributed by atoms with E-state index in [4.69, 9.17) is 4.43 Å². The van der Waals surface area contributed by atoms with Crippen LogP contribution in [0.4, 0.5) is 0 Å². The summed E-state index contributed by atoms with van der Waals surface area (Å²) < 4.78 is 6.82. The van der Waals surface area contributed by atoms with Crippen molar-refractivity contribution in [2.75, 3.05) is 0 Å². The maximum atomic E-state index is 12.2. The van der Waals surface area contributed by atoms with E-state index in [0.29, 0.717) is 29.1 Å². The SMILES string of the molecule is CC(C)(C)[Si](C)(C)O[C@H]1CCC[C@]23CCC(=O)[C@H]2CC[C@@H]13. The van der Waals surface area contributed by atoms with E-state index in [1.165, 1.54) is 25.7 Å². The molecule has 0 N–H and O–H groups in total. The zero-order chi connectivity index (χ0) is 15.5. The molecule has 0 unspecified atom stereocenters. The minimum absolute atomic E-state index is 0.279. The van der Waals surface area contributed by atoms with Gasteiger partial charge in [0.15, 0.2) is 8.32 Å². The molecule has 0 radical (unpaired) electrons. The van der Waals surface area contributed by atoms with Crippen LogP contribution in [0.5, 0.6) is 0 Å². The van der Waals surface area contributed by atoms with Gasteiger partial charge in [0, 0.05) is 18.4 Å². The highest BCUT2D eigenvalue weighted by molar-refractivity contribution is 6.74. The summed E-state index contributed by atoms with van der Waals surface area (Å²) in [5, 5.41) is 0.279. The van der Waals surface area contributed by atoms with E-state index in [0.717, 1.165) is 19.3 Å². The second-order valence-electron chi connectivity index (χ2n) is 9.24. The number of carbonyl (C=O) groups excluding carboxylic acids is 1. The Morgan fingerprint density at radius 2 is 1.86 bits per heavy atom. The van der Waals surface area contributed by atoms with E-state index in [9.17, 15) is 4.79 Å². The molecule has 3 aliphatic rings. The summed E-state index contributed by atoms with van der Waals surface area (Å²) in [6, 6.07) is 0. The van der Waals surface area contributed by atoms with Gasteiger partial charge in [0.2, 0.25) is 0 Å². The second kappa shape index (κ2) is 4.92. The normalized spacial score (nSPS) is 40.2. The number of Topliss-reactive ketones (excluding diaryl/α,β-unsaturated/α-hetero) is 1. The molecule has 0 saturated heterocycles. The third-order valence-corrected chi connectivity index (χ3v) is 11.8. The summed E-state index contributed by atoms with van der Waals surface area (Å²) in [4.78, 5) is 12.2. The Morgan fingerprint density at radius 3 is 2.52 bits per heavy atom. The highest BCUT2D eigenvalue weighted by Crippen LogP contribution is 2.63. The van der Waals surface area contributed by atoms with Crippen molar-refractivity contribution in [3.63, 3.8) is 0 Å². The van der Waals surface area contributed by atoms with Crippen LogP contribution in [0, 0.1) is 17.3 Å². The third-order valence-electron chi connectivity index (χ3n) is 7.26. The summed E-state index contributed by atoms with van der Waals surface area (Å²) in [5.74, 6) is 1.61. The molecule has 0 amide bonds. The first-order chi connectivity index (χ1) is 9.67. The molecule has 3 saturated carbocycles. The lowest BCUT2D eigenvalue weighted by atomic mass is 9.64. The number of carbonyl (C=O) groups is 1. The van der Waals surface area contributed by atoms with Crippen molar-refractivity contribution in [1.29, 1.82) is 0 Å². The molecule has 0 aliphatic heterocycles. The fourth-order valence-electron chi connectivity index (χ4n) is 5.12. The summed E-state index contributed by atoms with van der Waals surface area (Å²) in [6.45, 7) is 11.7. The fraction of sp³-hybridized carbons (Fsp3) is 0.944. The van der Waals surface area contributed by atoms with Gasteiger partial charge in [-0.2, -0.15) is 0 Å². The van der Waals surface area contributed by atoms with Gasteiger partial charge in [0.25, 0.3) is 0 Å². The molecule has 21 heavy (non-hydrogen) atoms. The van der Waals surface area contributed by atoms with E-state index in [1.54, 1.807) is 0 Å². The Kier molecular flexibility index (Phi) is 3.69. The van der Waals surface area contributed by atoms with Crippen molar-refractivity contribution in [1.82, 2.24) is 0 Å². The van der Waals surface area contributed by atoms with Crippen LogP contribution < -0.4 is 0 Å². The topological polar surface area (TPSA) is 26.3 Å². The molecule has 3 aliphatic carbocycles. The number of ketones is 1. The smallest absolute Gasteiger partial charge is 0.192 e. The molecule has 0 aromatic rings. The van der Waals surface area contributed by atoms with Gasteiger partial charge < -0.3 is 4.43 Å². The third kappa shape index (κ3) is 2.35. The number of hydrogen-bond acceptors (Lipinski definition) is 2. The predicted octanol–water partition coefficient (Wildman–Crippen LogP) is 4.94. The molecule has 3 rings (SSSR count). The van der Waals surface area contributed by atoms with Crippen molar-refractivity contribution in [3.8, 4) is 0 Å². The summed E-state index contributed by atoms with van der Waals surface area (Å²) in [5.41, 5.74) is 0.336. The van der Waals surface area contributed by atoms with Gasteiger partial charge in [-0.1, -0.05) is 27.2 Å². The molecule has 0 bridgehead atoms. The molecular formula is C18H32O2Si. The Balaban J connectivity index is 1.81. The van der Waals surface area contributed by atoms with Gasteiger partial charge in [-0.25, -0.2) is 0 Å². The van der Waals surface area contributed by atoms with E-state index >= 15 is 0 Å². The van der Waals surface area contributed by atoms with Crippen molar-refractivity contribution < 1.29 is 9.22 Å². The first-order valence-electron chi connectivity index (χ1n) is 8.88. The lowest BCUT2D eigenvalue weighted by molar-refractivity contribution is -0.122. The average Bonchev–Trinajstić information content (AvgIpc) is 2.87. The van der Waals surface area contributed by atoms with Crippen molar-refractivity contribution in [2.24, 2.45) is 17.3 Å². The molecule has 0 aromatic heterocycles. The van der Waals surface area contributed by atoms with Crippen molar-refractivity contribution in [2.45, 2.75) is 90.0 Å². The predicted molar refractivity (Wildman–Crippen MR) is 88.8 cm³/mol. The largest absolute Gasteiger partial charge is 0.414 e. The van der Waals surface area contributed by atoms with Crippen LogP contribution in [-0.2, 0) is 9.22 Å². The van der Waals surface area contributed by atoms with Crippen LogP contribution in [0.1, 0.15) is 65.7 Å². The second-order valence-corrected chi connectivity index (χ2v) is 14.0. The van der Waals surface area contributed by atoms with E-state index in [-0.39, 0.29) is 5.04 Å². The number of hydrogen-bond donors (Lipinski definition) is 0. The minimum atomic E-state index is -1.70. The fourth-order valence-corrected chi connectivity index (χ4v) is 6.51. The summed E-state index contributed by atoms with van der Waals surface area (Å²) in [6.07, 6.45) is 8.56. The molecule has 3 heteroatoms. The molecule has 1 spiro atoms. The van der Waals surface area contributed by atoms with E-state index in [2.05, 4.69) is 33.9 Å². The molecule has 3 fully saturated rings. The summed E-state index contributed by atoms with van der Waals surface area (Å²) >= 11 is 0. The standard InChI is InChI=1S/C18H32O2Si/c1-17(2,3)21(4,5)20-16-7-6-11-18-12-10-15(19)13(18)8-9-14(16)18/h13-14,16H,6-12H2,1-5H3/t13-,14+,16+,18+/m1/s1. The van der Waals surface area contributed by atoms with E-state index < -0.39 is 8.32 Å². The van der Waals surface area contributed by atoms with Crippen LogP contribution in [0.25, 0.3) is 0 Å². The molecule has 0 heterocycles. The maximum Gasteiger partial charge on any atom is 0.192 e. The molecule has 120 valence electrons. The zero-order valence-electron chi connectivity index (χ0n) is 14.5. The quantitative estimate of drug-likeness (QED) is 0.676. The Hall–Kier alpha value is -0.153. The highest BCUT2D eigenvalue weighted by Gasteiger charge is 2.60. The Bertz CT molecular complexity index is 437. The van der Waals surface area contributed by atoms with Gasteiger partial charge in [-0.05, 0) is 61.6 Å². The maximum absolute atomic E-state index is 12.2. The number of rotatable bonds is 2. The first-order valence-corrected chi connectivity index (χ1v) is 11.8. The van der Waals surface area contributed by atoms with Gasteiger partial charge in [0.1, 0.15) is 5.78 Å². The lowest BCUT2D eigenvalue weighted by Gasteiger charge is -2.48. The van der Waals surface area contributed by atoms with Crippen molar-refractivity contribution in [3.05, 3.63) is 0 Å². The van der Waals surface area contributed by atoms with Gasteiger partial charge >= 0.3 is 0 Å². The van der Waals surface area contributed by atoms with Crippen molar-refractivity contribution >= 4 is 14.1 Å². The Morgan fingerprint density at radius 1 is 1.14 bits per heavy atom. The zero-order valence-corrected chi connectivity index (χ0v) is 15.5. The van der Waals surface area contributed by atoms with Gasteiger partial charge in [0.05, 0.1) is 0 Å².